The van der Waals surface area contributed by atoms with Crippen molar-refractivity contribution < 1.29 is 4.79 Å². The van der Waals surface area contributed by atoms with Gasteiger partial charge in [-0.2, -0.15) is 0 Å². The molecule has 5 heteroatoms. The standard InChI is InChI=1S/C11H19N3OS/c1-7-6-16-10(13-7)8(2)14-9(15)5-11(3,4)12/h6,8H,5,12H2,1-4H3,(H,14,15). The number of carbonyl (C=O) groups is 1. The summed E-state index contributed by atoms with van der Waals surface area (Å²) in [5.41, 5.74) is 6.30. The number of amides is 1. The van der Waals surface area contributed by atoms with Crippen molar-refractivity contribution in [3.05, 3.63) is 16.1 Å². The maximum Gasteiger partial charge on any atom is 0.222 e. The molecule has 16 heavy (non-hydrogen) atoms. The number of nitrogens with one attached hydrogen (secondary N) is 1. The first-order valence-electron chi connectivity index (χ1n) is 5.28. The van der Waals surface area contributed by atoms with E-state index in [-0.39, 0.29) is 11.9 Å². The number of thiazole rings is 1. The number of hydrogen-bond donors (Lipinski definition) is 2. The number of hydrogen-bond acceptors (Lipinski definition) is 4. The largest absolute Gasteiger partial charge is 0.347 e. The summed E-state index contributed by atoms with van der Waals surface area (Å²) >= 11 is 1.56. The molecule has 0 aliphatic carbocycles. The van der Waals surface area contributed by atoms with Gasteiger partial charge in [0, 0.05) is 23.0 Å². The SMILES string of the molecule is Cc1csc(C(C)NC(=O)CC(C)(C)N)n1. The molecule has 0 saturated heterocycles. The van der Waals surface area contributed by atoms with Gasteiger partial charge < -0.3 is 11.1 Å². The van der Waals surface area contributed by atoms with Crippen LogP contribution in [0.3, 0.4) is 0 Å². The Hall–Kier alpha value is -0.940. The zero-order chi connectivity index (χ0) is 12.3. The first-order chi connectivity index (χ1) is 7.28. The van der Waals surface area contributed by atoms with Gasteiger partial charge in [-0.05, 0) is 27.7 Å². The van der Waals surface area contributed by atoms with Crippen LogP contribution in [0.15, 0.2) is 5.38 Å². The van der Waals surface area contributed by atoms with E-state index in [9.17, 15) is 4.79 Å². The number of nitrogens with zero attached hydrogens (tertiary/aromatic N) is 1. The molecule has 90 valence electrons. The highest BCUT2D eigenvalue weighted by Gasteiger charge is 2.19. The van der Waals surface area contributed by atoms with Gasteiger partial charge in [-0.1, -0.05) is 0 Å². The fourth-order valence-electron chi connectivity index (χ4n) is 1.34. The van der Waals surface area contributed by atoms with E-state index in [1.165, 1.54) is 0 Å². The average molecular weight is 241 g/mol. The van der Waals surface area contributed by atoms with Gasteiger partial charge in [0.2, 0.25) is 5.91 Å². The van der Waals surface area contributed by atoms with Gasteiger partial charge in [0.1, 0.15) is 5.01 Å². The molecule has 4 nitrogen and oxygen atoms in total. The van der Waals surface area contributed by atoms with E-state index in [0.29, 0.717) is 6.42 Å². The molecule has 1 rings (SSSR count). The first-order valence-corrected chi connectivity index (χ1v) is 6.16. The van der Waals surface area contributed by atoms with E-state index in [1.54, 1.807) is 11.3 Å². The Morgan fingerprint density at radius 2 is 2.31 bits per heavy atom. The van der Waals surface area contributed by atoms with Crippen LogP contribution >= 0.6 is 11.3 Å². The smallest absolute Gasteiger partial charge is 0.222 e. The highest BCUT2D eigenvalue weighted by molar-refractivity contribution is 7.09. The second-order valence-electron chi connectivity index (χ2n) is 4.78. The van der Waals surface area contributed by atoms with E-state index >= 15 is 0 Å². The Morgan fingerprint density at radius 1 is 1.69 bits per heavy atom. The molecule has 0 bridgehead atoms. The van der Waals surface area contributed by atoms with Crippen molar-refractivity contribution in [1.29, 1.82) is 0 Å². The van der Waals surface area contributed by atoms with Crippen molar-refractivity contribution in [2.75, 3.05) is 0 Å². The predicted molar refractivity (Wildman–Crippen MR) is 66.3 cm³/mol. The molecule has 1 aromatic heterocycles. The summed E-state index contributed by atoms with van der Waals surface area (Å²) in [6.07, 6.45) is 0.321. The molecule has 1 heterocycles. The molecule has 0 saturated carbocycles. The number of rotatable bonds is 4. The highest BCUT2D eigenvalue weighted by Crippen LogP contribution is 2.17. The maximum atomic E-state index is 11.6. The minimum Gasteiger partial charge on any atom is -0.347 e. The highest BCUT2D eigenvalue weighted by atomic mass is 32.1. The third-order valence-corrected chi connectivity index (χ3v) is 3.15. The Bertz CT molecular complexity index is 368. The molecule has 0 aliphatic rings. The summed E-state index contributed by atoms with van der Waals surface area (Å²) in [5, 5.41) is 5.80. The zero-order valence-electron chi connectivity index (χ0n) is 10.2. The van der Waals surface area contributed by atoms with Crippen LogP contribution in [0.1, 0.15) is 43.9 Å². The lowest BCUT2D eigenvalue weighted by Gasteiger charge is -2.19. The van der Waals surface area contributed by atoms with Crippen LogP contribution < -0.4 is 11.1 Å². The monoisotopic (exact) mass is 241 g/mol. The van der Waals surface area contributed by atoms with Gasteiger partial charge in [0.15, 0.2) is 0 Å². The number of carbonyl (C=O) groups excluding carboxylic acids is 1. The van der Waals surface area contributed by atoms with E-state index < -0.39 is 5.54 Å². The fourth-order valence-corrected chi connectivity index (χ4v) is 2.14. The molecular formula is C11H19N3OS. The Morgan fingerprint density at radius 3 is 2.75 bits per heavy atom. The molecule has 0 aliphatic heterocycles. The normalized spacial score (nSPS) is 13.6. The Labute approximate surface area is 100 Å². The average Bonchev–Trinajstić information content (AvgIpc) is 2.47. The molecule has 0 aromatic carbocycles. The fraction of sp³-hybridized carbons (Fsp3) is 0.636. The summed E-state index contributed by atoms with van der Waals surface area (Å²) in [7, 11) is 0. The lowest BCUT2D eigenvalue weighted by Crippen LogP contribution is -2.39. The second-order valence-corrected chi connectivity index (χ2v) is 5.67. The summed E-state index contributed by atoms with van der Waals surface area (Å²) in [6, 6.07) is -0.0476. The van der Waals surface area contributed by atoms with Crippen LogP contribution in [0.25, 0.3) is 0 Å². The van der Waals surface area contributed by atoms with Crippen LogP contribution in [0, 0.1) is 6.92 Å². The van der Waals surface area contributed by atoms with Crippen molar-refractivity contribution in [3.8, 4) is 0 Å². The van der Waals surface area contributed by atoms with Gasteiger partial charge >= 0.3 is 0 Å². The molecule has 1 aromatic rings. The predicted octanol–water partition coefficient (Wildman–Crippen LogP) is 1.76. The summed E-state index contributed by atoms with van der Waals surface area (Å²) < 4.78 is 0. The van der Waals surface area contributed by atoms with E-state index in [2.05, 4.69) is 10.3 Å². The van der Waals surface area contributed by atoms with Crippen molar-refractivity contribution in [2.24, 2.45) is 5.73 Å². The third-order valence-electron chi connectivity index (χ3n) is 2.00. The molecular weight excluding hydrogens is 222 g/mol. The van der Waals surface area contributed by atoms with Crippen LogP contribution in [-0.2, 0) is 4.79 Å². The third kappa shape index (κ3) is 4.28. The van der Waals surface area contributed by atoms with Crippen LogP contribution in [0.4, 0.5) is 0 Å². The van der Waals surface area contributed by atoms with Crippen molar-refractivity contribution in [3.63, 3.8) is 0 Å². The summed E-state index contributed by atoms with van der Waals surface area (Å²) in [5.74, 6) is -0.0344. The van der Waals surface area contributed by atoms with Gasteiger partial charge in [0.05, 0.1) is 6.04 Å². The molecule has 0 radical (unpaired) electrons. The molecule has 1 atom stereocenters. The van der Waals surface area contributed by atoms with E-state index in [0.717, 1.165) is 10.7 Å². The number of aryl methyl sites for hydroxylation is 1. The minimum atomic E-state index is -0.470. The first kappa shape index (κ1) is 13.1. The lowest BCUT2D eigenvalue weighted by atomic mass is 10.0. The summed E-state index contributed by atoms with van der Waals surface area (Å²) in [6.45, 7) is 7.55. The zero-order valence-corrected chi connectivity index (χ0v) is 11.0. The topological polar surface area (TPSA) is 68.0 Å². The molecule has 0 spiro atoms. The van der Waals surface area contributed by atoms with E-state index in [4.69, 9.17) is 5.73 Å². The maximum absolute atomic E-state index is 11.6. The second kappa shape index (κ2) is 4.93. The Balaban J connectivity index is 2.52. The minimum absolute atomic E-state index is 0.0344. The lowest BCUT2D eigenvalue weighted by molar-refractivity contribution is -0.122. The van der Waals surface area contributed by atoms with Gasteiger partial charge in [-0.15, -0.1) is 11.3 Å². The van der Waals surface area contributed by atoms with Crippen molar-refractivity contribution in [1.82, 2.24) is 10.3 Å². The van der Waals surface area contributed by atoms with Crippen LogP contribution in [-0.4, -0.2) is 16.4 Å². The molecule has 3 N–H and O–H groups in total. The van der Waals surface area contributed by atoms with Gasteiger partial charge in [0.25, 0.3) is 0 Å². The van der Waals surface area contributed by atoms with Crippen LogP contribution in [0.5, 0.6) is 0 Å². The number of nitrogens with two attached hydrogens (primary N) is 1. The Kier molecular flexibility index (Phi) is 4.04. The number of aromatic nitrogens is 1. The van der Waals surface area contributed by atoms with Crippen molar-refractivity contribution >= 4 is 17.2 Å². The summed E-state index contributed by atoms with van der Waals surface area (Å²) in [4.78, 5) is 16.0. The molecule has 0 fully saturated rings. The van der Waals surface area contributed by atoms with Gasteiger partial charge in [-0.25, -0.2) is 4.98 Å². The quantitative estimate of drug-likeness (QED) is 0.844. The van der Waals surface area contributed by atoms with E-state index in [1.807, 2.05) is 33.1 Å². The van der Waals surface area contributed by atoms with Crippen molar-refractivity contribution in [2.45, 2.75) is 45.7 Å². The van der Waals surface area contributed by atoms with Crippen LogP contribution in [0.2, 0.25) is 0 Å². The molecule has 1 unspecified atom stereocenters. The van der Waals surface area contributed by atoms with Gasteiger partial charge in [-0.3, -0.25) is 4.79 Å². The molecule has 1 amide bonds.